The van der Waals surface area contributed by atoms with Crippen molar-refractivity contribution in [2.75, 3.05) is 39.9 Å². The Morgan fingerprint density at radius 2 is 2.06 bits per heavy atom. The molecule has 1 aliphatic carbocycles. The summed E-state index contributed by atoms with van der Waals surface area (Å²) in [6, 6.07) is 0.485. The highest BCUT2D eigenvalue weighted by Gasteiger charge is 2.41. The van der Waals surface area contributed by atoms with Crippen molar-refractivity contribution in [3.63, 3.8) is 0 Å². The van der Waals surface area contributed by atoms with Crippen LogP contribution in [0.15, 0.2) is 0 Å². The van der Waals surface area contributed by atoms with Crippen LogP contribution in [0.3, 0.4) is 0 Å². The monoisotopic (exact) mass is 242 g/mol. The standard InChI is InChI=1S/C13H26N2O2/c1-3-17-12-10-11(13(12)16-2)14-6-9-15-7-4-5-8-15/h11-14H,3-10H2,1-2H3. The van der Waals surface area contributed by atoms with E-state index in [1.807, 2.05) is 6.92 Å². The maximum atomic E-state index is 5.62. The predicted molar refractivity (Wildman–Crippen MR) is 68.3 cm³/mol. The topological polar surface area (TPSA) is 33.7 Å². The molecule has 3 atom stereocenters. The van der Waals surface area contributed by atoms with Gasteiger partial charge in [-0.05, 0) is 39.3 Å². The van der Waals surface area contributed by atoms with Crippen molar-refractivity contribution in [3.8, 4) is 0 Å². The lowest BCUT2D eigenvalue weighted by atomic mass is 9.85. The molecule has 0 amide bonds. The number of likely N-dealkylation sites (tertiary alicyclic amines) is 1. The van der Waals surface area contributed by atoms with E-state index in [4.69, 9.17) is 9.47 Å². The van der Waals surface area contributed by atoms with Gasteiger partial charge in [0.1, 0.15) is 0 Å². The molecule has 3 unspecified atom stereocenters. The number of hydrogen-bond donors (Lipinski definition) is 1. The van der Waals surface area contributed by atoms with Crippen molar-refractivity contribution in [2.24, 2.45) is 0 Å². The van der Waals surface area contributed by atoms with Crippen molar-refractivity contribution in [1.29, 1.82) is 0 Å². The Kier molecular flexibility index (Phi) is 5.22. The first kappa shape index (κ1) is 13.3. The van der Waals surface area contributed by atoms with Crippen LogP contribution in [0, 0.1) is 0 Å². The Bertz CT molecular complexity index is 219. The van der Waals surface area contributed by atoms with Crippen molar-refractivity contribution < 1.29 is 9.47 Å². The lowest BCUT2D eigenvalue weighted by Crippen LogP contribution is -2.60. The normalized spacial score (nSPS) is 33.9. The number of methoxy groups -OCH3 is 1. The molecule has 100 valence electrons. The highest BCUT2D eigenvalue weighted by Crippen LogP contribution is 2.26. The zero-order chi connectivity index (χ0) is 12.1. The maximum Gasteiger partial charge on any atom is 0.0986 e. The van der Waals surface area contributed by atoms with Crippen LogP contribution in [0.2, 0.25) is 0 Å². The minimum Gasteiger partial charge on any atom is -0.377 e. The van der Waals surface area contributed by atoms with Gasteiger partial charge in [-0.3, -0.25) is 0 Å². The smallest absolute Gasteiger partial charge is 0.0986 e. The average Bonchev–Trinajstić information content (AvgIpc) is 2.80. The van der Waals surface area contributed by atoms with Crippen molar-refractivity contribution in [1.82, 2.24) is 10.2 Å². The molecule has 1 aliphatic heterocycles. The summed E-state index contributed by atoms with van der Waals surface area (Å²) in [5, 5.41) is 3.59. The van der Waals surface area contributed by atoms with Gasteiger partial charge >= 0.3 is 0 Å². The maximum absolute atomic E-state index is 5.62. The van der Waals surface area contributed by atoms with Crippen LogP contribution in [-0.4, -0.2) is 63.0 Å². The second-order valence-corrected chi connectivity index (χ2v) is 5.04. The van der Waals surface area contributed by atoms with Crippen molar-refractivity contribution in [3.05, 3.63) is 0 Å². The molecule has 0 aromatic rings. The number of hydrogen-bond acceptors (Lipinski definition) is 4. The zero-order valence-electron chi connectivity index (χ0n) is 11.2. The van der Waals surface area contributed by atoms with Crippen LogP contribution in [0.25, 0.3) is 0 Å². The second-order valence-electron chi connectivity index (χ2n) is 5.04. The molecule has 17 heavy (non-hydrogen) atoms. The quantitative estimate of drug-likeness (QED) is 0.718. The minimum atomic E-state index is 0.244. The second kappa shape index (κ2) is 6.69. The molecular weight excluding hydrogens is 216 g/mol. The Balaban J connectivity index is 1.59. The largest absolute Gasteiger partial charge is 0.377 e. The first-order valence-electron chi connectivity index (χ1n) is 6.95. The zero-order valence-corrected chi connectivity index (χ0v) is 11.2. The van der Waals surface area contributed by atoms with E-state index in [0.717, 1.165) is 19.6 Å². The molecule has 1 saturated heterocycles. The third-order valence-corrected chi connectivity index (χ3v) is 3.94. The molecule has 0 spiro atoms. The first-order valence-corrected chi connectivity index (χ1v) is 6.95. The summed E-state index contributed by atoms with van der Waals surface area (Å²) in [6.45, 7) is 7.63. The fourth-order valence-corrected chi connectivity index (χ4v) is 2.89. The summed E-state index contributed by atoms with van der Waals surface area (Å²) in [5.74, 6) is 0. The summed E-state index contributed by atoms with van der Waals surface area (Å²) in [5.41, 5.74) is 0. The average molecular weight is 242 g/mol. The van der Waals surface area contributed by atoms with E-state index in [9.17, 15) is 0 Å². The van der Waals surface area contributed by atoms with E-state index in [0.29, 0.717) is 12.1 Å². The first-order chi connectivity index (χ1) is 8.35. The molecular formula is C13H26N2O2. The molecule has 4 heteroatoms. The molecule has 0 bridgehead atoms. The highest BCUT2D eigenvalue weighted by atomic mass is 16.5. The molecule has 0 radical (unpaired) electrons. The summed E-state index contributed by atoms with van der Waals surface area (Å²) < 4.78 is 11.1. The SMILES string of the molecule is CCOC1CC(NCCN2CCCC2)C1OC. The van der Waals surface area contributed by atoms with Gasteiger partial charge in [0.15, 0.2) is 0 Å². The van der Waals surface area contributed by atoms with E-state index in [1.54, 1.807) is 7.11 Å². The predicted octanol–water partition coefficient (Wildman–Crippen LogP) is 0.864. The van der Waals surface area contributed by atoms with Crippen LogP contribution in [0.4, 0.5) is 0 Å². The minimum absolute atomic E-state index is 0.244. The van der Waals surface area contributed by atoms with Crippen LogP contribution in [-0.2, 0) is 9.47 Å². The summed E-state index contributed by atoms with van der Waals surface area (Å²) >= 11 is 0. The van der Waals surface area contributed by atoms with E-state index in [-0.39, 0.29) is 6.10 Å². The molecule has 0 aromatic carbocycles. The van der Waals surface area contributed by atoms with Crippen LogP contribution in [0.5, 0.6) is 0 Å². The van der Waals surface area contributed by atoms with Gasteiger partial charge in [0.25, 0.3) is 0 Å². The fourth-order valence-electron chi connectivity index (χ4n) is 2.89. The van der Waals surface area contributed by atoms with Gasteiger partial charge < -0.3 is 19.7 Å². The van der Waals surface area contributed by atoms with Crippen molar-refractivity contribution >= 4 is 0 Å². The van der Waals surface area contributed by atoms with Gasteiger partial charge in [0.05, 0.1) is 12.2 Å². The Hall–Kier alpha value is -0.160. The molecule has 2 rings (SSSR count). The Labute approximate surface area is 105 Å². The number of nitrogens with one attached hydrogen (secondary N) is 1. The number of rotatable bonds is 7. The lowest BCUT2D eigenvalue weighted by Gasteiger charge is -2.43. The van der Waals surface area contributed by atoms with Crippen LogP contribution in [0.1, 0.15) is 26.2 Å². The third-order valence-electron chi connectivity index (χ3n) is 3.94. The van der Waals surface area contributed by atoms with Crippen LogP contribution >= 0.6 is 0 Å². The van der Waals surface area contributed by atoms with E-state index in [2.05, 4.69) is 10.2 Å². The Morgan fingerprint density at radius 1 is 1.29 bits per heavy atom. The molecule has 2 aliphatic rings. The molecule has 4 nitrogen and oxygen atoms in total. The molecule has 1 N–H and O–H groups in total. The van der Waals surface area contributed by atoms with E-state index >= 15 is 0 Å². The van der Waals surface area contributed by atoms with Gasteiger partial charge in [0.2, 0.25) is 0 Å². The lowest BCUT2D eigenvalue weighted by molar-refractivity contribution is -0.131. The molecule has 1 saturated carbocycles. The van der Waals surface area contributed by atoms with Gasteiger partial charge in [-0.2, -0.15) is 0 Å². The van der Waals surface area contributed by atoms with Crippen LogP contribution < -0.4 is 5.32 Å². The van der Waals surface area contributed by atoms with E-state index in [1.165, 1.54) is 32.5 Å². The molecule has 2 fully saturated rings. The summed E-state index contributed by atoms with van der Waals surface area (Å²) in [6.07, 6.45) is 4.38. The van der Waals surface area contributed by atoms with Gasteiger partial charge in [-0.1, -0.05) is 0 Å². The van der Waals surface area contributed by atoms with Gasteiger partial charge in [-0.25, -0.2) is 0 Å². The summed E-state index contributed by atoms with van der Waals surface area (Å²) in [4.78, 5) is 2.54. The summed E-state index contributed by atoms with van der Waals surface area (Å²) in [7, 11) is 1.78. The van der Waals surface area contributed by atoms with Gasteiger partial charge in [-0.15, -0.1) is 0 Å². The Morgan fingerprint density at radius 3 is 2.71 bits per heavy atom. The highest BCUT2D eigenvalue weighted by molar-refractivity contribution is 4.97. The molecule has 1 heterocycles. The third kappa shape index (κ3) is 3.41. The number of nitrogens with zero attached hydrogens (tertiary/aromatic N) is 1. The fraction of sp³-hybridized carbons (Fsp3) is 1.00. The molecule has 0 aromatic heterocycles. The van der Waals surface area contributed by atoms with E-state index < -0.39 is 0 Å². The number of ether oxygens (including phenoxy) is 2. The van der Waals surface area contributed by atoms with Crippen molar-refractivity contribution in [2.45, 2.75) is 44.4 Å². The van der Waals surface area contributed by atoms with Gasteiger partial charge in [0, 0.05) is 32.8 Å².